The molecule has 158 valence electrons. The minimum atomic E-state index is -0.491. The third kappa shape index (κ3) is 5.51. The summed E-state index contributed by atoms with van der Waals surface area (Å²) >= 11 is 0. The molecule has 0 spiro atoms. The largest absolute Gasteiger partial charge is 0.497 e. The van der Waals surface area contributed by atoms with Gasteiger partial charge in [0.15, 0.2) is 0 Å². The molecule has 0 saturated carbocycles. The fourth-order valence-corrected chi connectivity index (χ4v) is 2.93. The summed E-state index contributed by atoms with van der Waals surface area (Å²) in [6.07, 6.45) is 2.47. The standard InChI is InChI=1S/C25H22O6/c1-28-22-11-18(12-23(15-22)29-2)13-24(25(27)30-3)19-5-4-6-21(14-19)31-20-9-7-17(16-26)8-10-20/h4-16H,1-3H3/b24-13+. The van der Waals surface area contributed by atoms with Gasteiger partial charge in [0.25, 0.3) is 0 Å². The third-order valence-electron chi connectivity index (χ3n) is 4.49. The average molecular weight is 418 g/mol. The second kappa shape index (κ2) is 10.1. The van der Waals surface area contributed by atoms with Gasteiger partial charge >= 0.3 is 5.97 Å². The fourth-order valence-electron chi connectivity index (χ4n) is 2.93. The minimum Gasteiger partial charge on any atom is -0.497 e. The first kappa shape index (κ1) is 21.6. The van der Waals surface area contributed by atoms with E-state index in [9.17, 15) is 9.59 Å². The van der Waals surface area contributed by atoms with Crippen molar-refractivity contribution >= 4 is 23.9 Å². The quantitative estimate of drug-likeness (QED) is 0.221. The van der Waals surface area contributed by atoms with E-state index >= 15 is 0 Å². The van der Waals surface area contributed by atoms with E-state index in [0.29, 0.717) is 45.3 Å². The molecule has 0 radical (unpaired) electrons. The van der Waals surface area contributed by atoms with Gasteiger partial charge in [0.2, 0.25) is 0 Å². The van der Waals surface area contributed by atoms with Gasteiger partial charge in [-0.1, -0.05) is 12.1 Å². The number of methoxy groups -OCH3 is 3. The van der Waals surface area contributed by atoms with Crippen LogP contribution < -0.4 is 14.2 Å². The van der Waals surface area contributed by atoms with E-state index in [1.807, 2.05) is 0 Å². The number of hydrogen-bond donors (Lipinski definition) is 0. The highest BCUT2D eigenvalue weighted by Crippen LogP contribution is 2.29. The van der Waals surface area contributed by atoms with Crippen LogP contribution in [-0.4, -0.2) is 33.6 Å². The Morgan fingerprint density at radius 3 is 2.00 bits per heavy atom. The van der Waals surface area contributed by atoms with Gasteiger partial charge in [-0.3, -0.25) is 4.79 Å². The molecular weight excluding hydrogens is 396 g/mol. The molecule has 0 amide bonds. The first-order valence-corrected chi connectivity index (χ1v) is 9.43. The first-order valence-electron chi connectivity index (χ1n) is 9.43. The van der Waals surface area contributed by atoms with Crippen LogP contribution in [-0.2, 0) is 9.53 Å². The van der Waals surface area contributed by atoms with E-state index in [0.717, 1.165) is 6.29 Å². The van der Waals surface area contributed by atoms with E-state index in [1.54, 1.807) is 87.0 Å². The monoisotopic (exact) mass is 418 g/mol. The van der Waals surface area contributed by atoms with E-state index in [-0.39, 0.29) is 0 Å². The summed E-state index contributed by atoms with van der Waals surface area (Å²) in [5.41, 5.74) is 2.24. The second-order valence-corrected chi connectivity index (χ2v) is 6.51. The zero-order valence-corrected chi connectivity index (χ0v) is 17.5. The number of rotatable bonds is 8. The Balaban J connectivity index is 1.97. The van der Waals surface area contributed by atoms with Crippen LogP contribution >= 0.6 is 0 Å². The van der Waals surface area contributed by atoms with Crippen molar-refractivity contribution in [3.05, 3.63) is 83.4 Å². The Morgan fingerprint density at radius 1 is 0.742 bits per heavy atom. The van der Waals surface area contributed by atoms with Crippen molar-refractivity contribution in [2.75, 3.05) is 21.3 Å². The molecule has 0 aliphatic heterocycles. The fraction of sp³-hybridized carbons (Fsp3) is 0.120. The zero-order valence-electron chi connectivity index (χ0n) is 17.5. The Morgan fingerprint density at radius 2 is 1.42 bits per heavy atom. The average Bonchev–Trinajstić information content (AvgIpc) is 2.82. The summed E-state index contributed by atoms with van der Waals surface area (Å²) in [6.45, 7) is 0. The molecule has 6 nitrogen and oxygen atoms in total. The predicted molar refractivity (Wildman–Crippen MR) is 118 cm³/mol. The molecule has 0 N–H and O–H groups in total. The smallest absolute Gasteiger partial charge is 0.338 e. The van der Waals surface area contributed by atoms with Crippen molar-refractivity contribution in [1.82, 2.24) is 0 Å². The third-order valence-corrected chi connectivity index (χ3v) is 4.49. The van der Waals surface area contributed by atoms with Crippen molar-refractivity contribution in [1.29, 1.82) is 0 Å². The number of ether oxygens (including phenoxy) is 4. The van der Waals surface area contributed by atoms with Gasteiger partial charge in [-0.25, -0.2) is 4.79 Å². The second-order valence-electron chi connectivity index (χ2n) is 6.51. The molecule has 0 fully saturated rings. The summed E-state index contributed by atoms with van der Waals surface area (Å²) in [6, 6.07) is 19.2. The van der Waals surface area contributed by atoms with Crippen LogP contribution in [0.2, 0.25) is 0 Å². The van der Waals surface area contributed by atoms with Crippen molar-refractivity contribution < 1.29 is 28.5 Å². The summed E-state index contributed by atoms with van der Waals surface area (Å²) in [5.74, 6) is 1.82. The lowest BCUT2D eigenvalue weighted by atomic mass is 10.0. The molecule has 0 aliphatic rings. The van der Waals surface area contributed by atoms with Gasteiger partial charge in [-0.05, 0) is 65.7 Å². The normalized spacial score (nSPS) is 10.9. The van der Waals surface area contributed by atoms with Crippen LogP contribution in [0.15, 0.2) is 66.7 Å². The number of carbonyl (C=O) groups excluding carboxylic acids is 2. The van der Waals surface area contributed by atoms with E-state index < -0.39 is 5.97 Å². The molecule has 0 unspecified atom stereocenters. The highest BCUT2D eigenvalue weighted by Gasteiger charge is 2.14. The molecule has 0 saturated heterocycles. The highest BCUT2D eigenvalue weighted by atomic mass is 16.5. The molecular formula is C25H22O6. The van der Waals surface area contributed by atoms with E-state index in [4.69, 9.17) is 18.9 Å². The van der Waals surface area contributed by atoms with E-state index in [1.165, 1.54) is 7.11 Å². The lowest BCUT2D eigenvalue weighted by Gasteiger charge is -2.11. The van der Waals surface area contributed by atoms with E-state index in [2.05, 4.69) is 0 Å². The van der Waals surface area contributed by atoms with Crippen LogP contribution in [0.3, 0.4) is 0 Å². The molecule has 0 bridgehead atoms. The minimum absolute atomic E-state index is 0.347. The first-order chi connectivity index (χ1) is 15.1. The Hall–Kier alpha value is -4.06. The van der Waals surface area contributed by atoms with Crippen molar-refractivity contribution in [3.63, 3.8) is 0 Å². The van der Waals surface area contributed by atoms with Gasteiger partial charge < -0.3 is 18.9 Å². The Labute approximate surface area is 180 Å². The lowest BCUT2D eigenvalue weighted by Crippen LogP contribution is -2.04. The highest BCUT2D eigenvalue weighted by molar-refractivity contribution is 6.21. The summed E-state index contributed by atoms with van der Waals surface area (Å²) in [5, 5.41) is 0. The molecule has 0 aromatic heterocycles. The molecule has 0 atom stereocenters. The molecule has 31 heavy (non-hydrogen) atoms. The van der Waals surface area contributed by atoms with Crippen LogP contribution in [0, 0.1) is 0 Å². The van der Waals surface area contributed by atoms with Gasteiger partial charge in [-0.15, -0.1) is 0 Å². The predicted octanol–water partition coefficient (Wildman–Crippen LogP) is 5.02. The van der Waals surface area contributed by atoms with Gasteiger partial charge in [-0.2, -0.15) is 0 Å². The SMILES string of the molecule is COC(=O)/C(=C/c1cc(OC)cc(OC)c1)c1cccc(Oc2ccc(C=O)cc2)c1. The van der Waals surface area contributed by atoms with Gasteiger partial charge in [0, 0.05) is 11.6 Å². The van der Waals surface area contributed by atoms with Crippen LogP contribution in [0.25, 0.3) is 11.6 Å². The number of benzene rings is 3. The molecule has 6 heteroatoms. The molecule has 3 aromatic rings. The summed E-state index contributed by atoms with van der Waals surface area (Å²) in [7, 11) is 4.45. The van der Waals surface area contributed by atoms with Crippen molar-refractivity contribution in [2.45, 2.75) is 0 Å². The zero-order chi connectivity index (χ0) is 22.2. The van der Waals surface area contributed by atoms with Crippen LogP contribution in [0.5, 0.6) is 23.0 Å². The molecule has 0 aliphatic carbocycles. The van der Waals surface area contributed by atoms with Gasteiger partial charge in [0.1, 0.15) is 29.3 Å². The lowest BCUT2D eigenvalue weighted by molar-refractivity contribution is -0.133. The maximum absolute atomic E-state index is 12.5. The Kier molecular flexibility index (Phi) is 7.06. The van der Waals surface area contributed by atoms with Crippen LogP contribution in [0.1, 0.15) is 21.5 Å². The topological polar surface area (TPSA) is 71.1 Å². The van der Waals surface area contributed by atoms with Crippen molar-refractivity contribution in [3.8, 4) is 23.0 Å². The van der Waals surface area contributed by atoms with Crippen molar-refractivity contribution in [2.24, 2.45) is 0 Å². The Bertz CT molecular complexity index is 1080. The maximum Gasteiger partial charge on any atom is 0.338 e. The molecule has 0 heterocycles. The maximum atomic E-state index is 12.5. The summed E-state index contributed by atoms with van der Waals surface area (Å²) in [4.78, 5) is 23.4. The number of hydrogen-bond acceptors (Lipinski definition) is 6. The molecule has 3 aromatic carbocycles. The van der Waals surface area contributed by atoms with Gasteiger partial charge in [0.05, 0.1) is 26.9 Å². The number of esters is 1. The van der Waals surface area contributed by atoms with Crippen LogP contribution in [0.4, 0.5) is 0 Å². The molecule has 3 rings (SSSR count). The summed E-state index contributed by atoms with van der Waals surface area (Å²) < 4.78 is 21.5. The number of carbonyl (C=O) groups is 2. The number of aldehydes is 1.